The average molecular weight is 399 g/mol. The van der Waals surface area contributed by atoms with Gasteiger partial charge in [0.2, 0.25) is 0 Å². The van der Waals surface area contributed by atoms with Crippen LogP contribution in [-0.4, -0.2) is 21.6 Å². The molecule has 28 heavy (non-hydrogen) atoms. The number of nitrogens with one attached hydrogen (secondary N) is 1. The lowest BCUT2D eigenvalue weighted by molar-refractivity contribution is 0.100. The standard InChI is InChI=1S/C20H16ClFN4O2/c21-11-8-9-12(19(23)27)15(10-11)24-20(28)18-13-4-3-7-16(13)26(25-18)17-6-2-1-5-14(17)22/h1-2,5-6,8-10H,3-4,7H2,(H2,23,27)(H,24,28). The van der Waals surface area contributed by atoms with Crippen molar-refractivity contribution < 1.29 is 14.0 Å². The number of para-hydroxylation sites is 1. The first-order chi connectivity index (χ1) is 13.5. The first kappa shape index (κ1) is 18.2. The van der Waals surface area contributed by atoms with Crippen LogP contribution in [0.5, 0.6) is 0 Å². The van der Waals surface area contributed by atoms with E-state index in [4.69, 9.17) is 17.3 Å². The van der Waals surface area contributed by atoms with E-state index in [2.05, 4.69) is 10.4 Å². The minimum absolute atomic E-state index is 0.142. The summed E-state index contributed by atoms with van der Waals surface area (Å²) in [4.78, 5) is 24.5. The molecule has 1 aliphatic rings. The van der Waals surface area contributed by atoms with E-state index in [0.717, 1.165) is 17.7 Å². The summed E-state index contributed by atoms with van der Waals surface area (Å²) in [5.41, 5.74) is 7.81. The zero-order valence-corrected chi connectivity index (χ0v) is 15.5. The molecule has 3 aromatic rings. The van der Waals surface area contributed by atoms with Gasteiger partial charge in [-0.1, -0.05) is 23.7 Å². The van der Waals surface area contributed by atoms with Crippen LogP contribution in [0.3, 0.4) is 0 Å². The Morgan fingerprint density at radius 1 is 1.18 bits per heavy atom. The van der Waals surface area contributed by atoms with E-state index >= 15 is 0 Å². The van der Waals surface area contributed by atoms with E-state index < -0.39 is 17.6 Å². The Balaban J connectivity index is 1.74. The predicted molar refractivity (Wildman–Crippen MR) is 103 cm³/mol. The van der Waals surface area contributed by atoms with Crippen LogP contribution in [0.15, 0.2) is 42.5 Å². The number of benzene rings is 2. The Morgan fingerprint density at radius 2 is 1.96 bits per heavy atom. The first-order valence-corrected chi connectivity index (χ1v) is 9.10. The number of nitrogens with zero attached hydrogens (tertiary/aromatic N) is 2. The molecule has 0 bridgehead atoms. The summed E-state index contributed by atoms with van der Waals surface area (Å²) in [5.74, 6) is -1.61. The van der Waals surface area contributed by atoms with E-state index in [1.54, 1.807) is 18.2 Å². The largest absolute Gasteiger partial charge is 0.366 e. The summed E-state index contributed by atoms with van der Waals surface area (Å²) in [6.07, 6.45) is 2.23. The van der Waals surface area contributed by atoms with Crippen LogP contribution in [0.2, 0.25) is 5.02 Å². The number of anilines is 1. The van der Waals surface area contributed by atoms with Gasteiger partial charge < -0.3 is 11.1 Å². The van der Waals surface area contributed by atoms with Gasteiger partial charge in [0.25, 0.3) is 11.8 Å². The summed E-state index contributed by atoms with van der Waals surface area (Å²) in [6, 6.07) is 10.7. The minimum Gasteiger partial charge on any atom is -0.366 e. The zero-order valence-electron chi connectivity index (χ0n) is 14.7. The van der Waals surface area contributed by atoms with Gasteiger partial charge in [-0.05, 0) is 49.6 Å². The molecule has 1 heterocycles. The number of halogens is 2. The molecule has 0 aliphatic heterocycles. The van der Waals surface area contributed by atoms with Gasteiger partial charge in [-0.25, -0.2) is 9.07 Å². The van der Waals surface area contributed by atoms with Gasteiger partial charge in [0.05, 0.1) is 11.3 Å². The molecular formula is C20H16ClFN4O2. The summed E-state index contributed by atoms with van der Waals surface area (Å²) < 4.78 is 15.7. The van der Waals surface area contributed by atoms with E-state index in [9.17, 15) is 14.0 Å². The third kappa shape index (κ3) is 3.14. The Bertz CT molecular complexity index is 1110. The van der Waals surface area contributed by atoms with Gasteiger partial charge in [0, 0.05) is 16.3 Å². The van der Waals surface area contributed by atoms with Crippen molar-refractivity contribution in [3.05, 3.63) is 75.8 Å². The second-order valence-corrected chi connectivity index (χ2v) is 6.94. The van der Waals surface area contributed by atoms with Crippen molar-refractivity contribution in [2.24, 2.45) is 5.73 Å². The van der Waals surface area contributed by atoms with Crippen molar-refractivity contribution in [1.82, 2.24) is 9.78 Å². The summed E-state index contributed by atoms with van der Waals surface area (Å²) in [6.45, 7) is 0. The number of hydrogen-bond donors (Lipinski definition) is 2. The molecule has 0 fully saturated rings. The van der Waals surface area contributed by atoms with Crippen molar-refractivity contribution in [2.45, 2.75) is 19.3 Å². The minimum atomic E-state index is -0.686. The lowest BCUT2D eigenvalue weighted by Crippen LogP contribution is -2.19. The molecule has 8 heteroatoms. The molecule has 0 unspecified atom stereocenters. The molecule has 1 aliphatic carbocycles. The summed E-state index contributed by atoms with van der Waals surface area (Å²) in [7, 11) is 0. The molecule has 0 radical (unpaired) electrons. The highest BCUT2D eigenvalue weighted by molar-refractivity contribution is 6.31. The van der Waals surface area contributed by atoms with Gasteiger partial charge in [-0.2, -0.15) is 5.10 Å². The smallest absolute Gasteiger partial charge is 0.276 e. The SMILES string of the molecule is NC(=O)c1ccc(Cl)cc1NC(=O)c1nn(-c2ccccc2F)c2c1CCC2. The molecule has 0 saturated heterocycles. The zero-order chi connectivity index (χ0) is 19.8. The molecule has 6 nitrogen and oxygen atoms in total. The second kappa shape index (κ2) is 7.09. The van der Waals surface area contributed by atoms with Crippen molar-refractivity contribution in [2.75, 3.05) is 5.32 Å². The Kier molecular flexibility index (Phi) is 4.60. The Labute approximate surface area is 165 Å². The Morgan fingerprint density at radius 3 is 2.71 bits per heavy atom. The van der Waals surface area contributed by atoms with Crippen LogP contribution in [-0.2, 0) is 12.8 Å². The highest BCUT2D eigenvalue weighted by Crippen LogP contribution is 2.30. The van der Waals surface area contributed by atoms with Gasteiger partial charge >= 0.3 is 0 Å². The lowest BCUT2D eigenvalue weighted by atomic mass is 10.1. The van der Waals surface area contributed by atoms with Gasteiger partial charge in [-0.15, -0.1) is 0 Å². The molecule has 2 amide bonds. The maximum atomic E-state index is 14.3. The third-order valence-electron chi connectivity index (χ3n) is 4.72. The predicted octanol–water partition coefficient (Wildman–Crippen LogP) is 3.50. The summed E-state index contributed by atoms with van der Waals surface area (Å²) >= 11 is 5.98. The van der Waals surface area contributed by atoms with Crippen molar-refractivity contribution in [1.29, 1.82) is 0 Å². The number of nitrogens with two attached hydrogens (primary N) is 1. The molecule has 4 rings (SSSR count). The average Bonchev–Trinajstić information content (AvgIpc) is 3.24. The van der Waals surface area contributed by atoms with Crippen LogP contribution in [0.4, 0.5) is 10.1 Å². The van der Waals surface area contributed by atoms with Crippen molar-refractivity contribution >= 4 is 29.1 Å². The highest BCUT2D eigenvalue weighted by Gasteiger charge is 2.28. The molecule has 142 valence electrons. The van der Waals surface area contributed by atoms with Gasteiger partial charge in [0.1, 0.15) is 11.5 Å². The molecular weight excluding hydrogens is 383 g/mol. The normalized spacial score (nSPS) is 12.6. The van der Waals surface area contributed by atoms with Crippen LogP contribution >= 0.6 is 11.6 Å². The monoisotopic (exact) mass is 398 g/mol. The highest BCUT2D eigenvalue weighted by atomic mass is 35.5. The van der Waals surface area contributed by atoms with E-state index in [1.807, 2.05) is 0 Å². The van der Waals surface area contributed by atoms with Crippen molar-refractivity contribution in [3.63, 3.8) is 0 Å². The van der Waals surface area contributed by atoms with Crippen molar-refractivity contribution in [3.8, 4) is 5.69 Å². The maximum absolute atomic E-state index is 14.3. The molecule has 1 aromatic heterocycles. The number of carbonyl (C=O) groups excluding carboxylic acids is 2. The fourth-order valence-corrected chi connectivity index (χ4v) is 3.63. The van der Waals surface area contributed by atoms with Gasteiger partial charge in [0.15, 0.2) is 5.69 Å². The fourth-order valence-electron chi connectivity index (χ4n) is 3.46. The first-order valence-electron chi connectivity index (χ1n) is 8.72. The lowest BCUT2D eigenvalue weighted by Gasteiger charge is -2.09. The van der Waals surface area contributed by atoms with Gasteiger partial charge in [-0.3, -0.25) is 9.59 Å². The Hall–Kier alpha value is -3.19. The molecule has 2 aromatic carbocycles. The van der Waals surface area contributed by atoms with E-state index in [-0.39, 0.29) is 16.9 Å². The van der Waals surface area contributed by atoms with Crippen LogP contribution in [0, 0.1) is 5.82 Å². The number of aromatic nitrogens is 2. The molecule has 0 atom stereocenters. The number of primary amides is 1. The van der Waals surface area contributed by atoms with Crippen LogP contribution in [0.25, 0.3) is 5.69 Å². The maximum Gasteiger partial charge on any atom is 0.276 e. The fraction of sp³-hybridized carbons (Fsp3) is 0.150. The topological polar surface area (TPSA) is 90.0 Å². The van der Waals surface area contributed by atoms with Crippen LogP contribution in [0.1, 0.15) is 38.5 Å². The molecule has 0 spiro atoms. The van der Waals surface area contributed by atoms with E-state index in [0.29, 0.717) is 23.6 Å². The molecule has 0 saturated carbocycles. The number of amides is 2. The number of hydrogen-bond acceptors (Lipinski definition) is 3. The quantitative estimate of drug-likeness (QED) is 0.704. The number of carbonyl (C=O) groups is 2. The van der Waals surface area contributed by atoms with E-state index in [1.165, 1.54) is 28.9 Å². The number of fused-ring (bicyclic) bond motifs is 1. The summed E-state index contributed by atoms with van der Waals surface area (Å²) in [5, 5.41) is 7.39. The van der Waals surface area contributed by atoms with Crippen LogP contribution < -0.4 is 11.1 Å². The number of rotatable bonds is 4. The molecule has 3 N–H and O–H groups in total. The third-order valence-corrected chi connectivity index (χ3v) is 4.96. The second-order valence-electron chi connectivity index (χ2n) is 6.50.